The van der Waals surface area contributed by atoms with E-state index in [1.807, 2.05) is 48.7 Å². The van der Waals surface area contributed by atoms with Gasteiger partial charge in [-0.05, 0) is 35.9 Å². The highest BCUT2D eigenvalue weighted by Gasteiger charge is 2.15. The minimum Gasteiger partial charge on any atom is -0.366 e. The second-order valence-corrected chi connectivity index (χ2v) is 6.71. The molecule has 0 saturated heterocycles. The second-order valence-electron chi connectivity index (χ2n) is 6.28. The van der Waals surface area contributed by atoms with Gasteiger partial charge in [-0.3, -0.25) is 4.79 Å². The fourth-order valence-corrected chi connectivity index (χ4v) is 3.19. The summed E-state index contributed by atoms with van der Waals surface area (Å²) in [6.07, 6.45) is 4.08. The van der Waals surface area contributed by atoms with Crippen molar-refractivity contribution in [2.24, 2.45) is 0 Å². The summed E-state index contributed by atoms with van der Waals surface area (Å²) >= 11 is 6.06. The summed E-state index contributed by atoms with van der Waals surface area (Å²) in [6, 6.07) is 13.4. The number of carbonyl (C=O) groups excluding carboxylic acids is 1. The molecule has 28 heavy (non-hydrogen) atoms. The molecule has 0 spiro atoms. The van der Waals surface area contributed by atoms with Crippen molar-refractivity contribution < 1.29 is 9.90 Å². The number of aromatic amines is 1. The van der Waals surface area contributed by atoms with E-state index in [1.54, 1.807) is 17.1 Å². The highest BCUT2D eigenvalue weighted by molar-refractivity contribution is 6.30. The van der Waals surface area contributed by atoms with E-state index in [-0.39, 0.29) is 0 Å². The molecule has 0 aliphatic carbocycles. The average molecular weight is 396 g/mol. The normalized spacial score (nSPS) is 12.1. The average Bonchev–Trinajstić information content (AvgIpc) is 3.34. The van der Waals surface area contributed by atoms with Gasteiger partial charge in [-0.1, -0.05) is 23.7 Å². The topological polar surface area (TPSA) is 95.0 Å². The molecule has 0 bridgehead atoms. The van der Waals surface area contributed by atoms with Crippen molar-refractivity contribution in [3.63, 3.8) is 0 Å². The molecule has 4 N–H and O–H groups in total. The first-order valence-corrected chi connectivity index (χ1v) is 9.01. The van der Waals surface area contributed by atoms with Crippen molar-refractivity contribution in [3.05, 3.63) is 66.1 Å². The summed E-state index contributed by atoms with van der Waals surface area (Å²) in [4.78, 5) is 14.7. The van der Waals surface area contributed by atoms with Crippen LogP contribution >= 0.6 is 11.6 Å². The number of aliphatic hydroxyl groups excluding tert-OH is 1. The number of fused-ring (bicyclic) bond motifs is 1. The van der Waals surface area contributed by atoms with Gasteiger partial charge in [0.2, 0.25) is 6.23 Å². The first-order valence-electron chi connectivity index (χ1n) is 8.63. The van der Waals surface area contributed by atoms with Crippen LogP contribution in [0.1, 0.15) is 0 Å². The quantitative estimate of drug-likeness (QED) is 0.390. The van der Waals surface area contributed by atoms with E-state index >= 15 is 0 Å². The fourth-order valence-electron chi connectivity index (χ4n) is 3.00. The van der Waals surface area contributed by atoms with Crippen molar-refractivity contribution in [2.75, 3.05) is 12.4 Å². The van der Waals surface area contributed by atoms with Crippen molar-refractivity contribution in [1.29, 1.82) is 0 Å². The van der Waals surface area contributed by atoms with Crippen LogP contribution in [0.2, 0.25) is 5.02 Å². The Morgan fingerprint density at radius 3 is 2.89 bits per heavy atom. The maximum absolute atomic E-state index is 11.6. The molecule has 2 heterocycles. The van der Waals surface area contributed by atoms with Gasteiger partial charge in [-0.15, -0.1) is 0 Å². The number of H-pyrrole nitrogens is 1. The zero-order valence-corrected chi connectivity index (χ0v) is 15.7. The fraction of sp³-hybridized carbons (Fsp3) is 0.100. The number of amides is 1. The van der Waals surface area contributed by atoms with Crippen molar-refractivity contribution in [1.82, 2.24) is 20.1 Å². The van der Waals surface area contributed by atoms with Crippen LogP contribution in [0.25, 0.3) is 27.7 Å². The first kappa shape index (κ1) is 18.1. The van der Waals surface area contributed by atoms with E-state index < -0.39 is 12.1 Å². The molecule has 2 aromatic heterocycles. The largest absolute Gasteiger partial charge is 0.366 e. The lowest BCUT2D eigenvalue weighted by Gasteiger charge is -2.11. The Bertz CT molecular complexity index is 1150. The van der Waals surface area contributed by atoms with Crippen LogP contribution < -0.4 is 10.6 Å². The lowest BCUT2D eigenvalue weighted by Crippen LogP contribution is -2.37. The van der Waals surface area contributed by atoms with Crippen LogP contribution in [0.15, 0.2) is 61.1 Å². The Morgan fingerprint density at radius 2 is 2.11 bits per heavy atom. The highest BCUT2D eigenvalue weighted by atomic mass is 35.5. The van der Waals surface area contributed by atoms with Gasteiger partial charge >= 0.3 is 0 Å². The number of halogens is 1. The number of carbonyl (C=O) groups is 1. The lowest BCUT2D eigenvalue weighted by molar-refractivity contribution is -0.127. The van der Waals surface area contributed by atoms with Gasteiger partial charge in [0.15, 0.2) is 0 Å². The van der Waals surface area contributed by atoms with E-state index in [2.05, 4.69) is 20.7 Å². The van der Waals surface area contributed by atoms with Crippen LogP contribution in [0.4, 0.5) is 5.69 Å². The van der Waals surface area contributed by atoms with Crippen molar-refractivity contribution in [2.45, 2.75) is 6.23 Å². The molecule has 4 rings (SSSR count). The molecule has 1 amide bonds. The number of nitrogens with zero attached hydrogens (tertiary/aromatic N) is 2. The number of rotatable bonds is 5. The molecular weight excluding hydrogens is 378 g/mol. The lowest BCUT2D eigenvalue weighted by atomic mass is 10.1. The van der Waals surface area contributed by atoms with Crippen LogP contribution in [0.5, 0.6) is 0 Å². The molecule has 0 saturated carbocycles. The van der Waals surface area contributed by atoms with E-state index in [1.165, 1.54) is 7.05 Å². The number of aromatic nitrogens is 3. The summed E-state index contributed by atoms with van der Waals surface area (Å²) in [7, 11) is 1.47. The number of hydrogen-bond donors (Lipinski definition) is 4. The van der Waals surface area contributed by atoms with Gasteiger partial charge in [0.05, 0.1) is 17.6 Å². The predicted molar refractivity (Wildman–Crippen MR) is 110 cm³/mol. The van der Waals surface area contributed by atoms with Gasteiger partial charge in [0.25, 0.3) is 5.91 Å². The summed E-state index contributed by atoms with van der Waals surface area (Å²) < 4.78 is 1.76. The Labute approximate surface area is 165 Å². The minimum atomic E-state index is -1.33. The molecule has 0 aliphatic rings. The monoisotopic (exact) mass is 395 g/mol. The van der Waals surface area contributed by atoms with Crippen molar-refractivity contribution in [3.8, 4) is 16.8 Å². The maximum atomic E-state index is 11.6. The smallest absolute Gasteiger partial charge is 0.269 e. The second kappa shape index (κ2) is 7.38. The Kier molecular flexibility index (Phi) is 4.77. The molecule has 142 valence electrons. The molecular formula is C20H18ClN5O2. The van der Waals surface area contributed by atoms with Gasteiger partial charge in [-0.2, -0.15) is 5.10 Å². The summed E-state index contributed by atoms with van der Waals surface area (Å²) in [5, 5.41) is 21.1. The van der Waals surface area contributed by atoms with E-state index in [0.717, 1.165) is 27.7 Å². The van der Waals surface area contributed by atoms with Gasteiger partial charge < -0.3 is 20.7 Å². The van der Waals surface area contributed by atoms with Crippen molar-refractivity contribution >= 4 is 34.1 Å². The molecule has 1 atom stereocenters. The molecule has 0 radical (unpaired) electrons. The highest BCUT2D eigenvalue weighted by Crippen LogP contribution is 2.29. The third-order valence-corrected chi connectivity index (χ3v) is 4.69. The SMILES string of the molecule is CNC(=O)C(O)Nc1c[nH]c2ccc(-c3cnn(-c4cccc(Cl)c4)c3)cc12. The summed E-state index contributed by atoms with van der Waals surface area (Å²) in [5.74, 6) is -0.506. The maximum Gasteiger partial charge on any atom is 0.269 e. The summed E-state index contributed by atoms with van der Waals surface area (Å²) in [5.41, 5.74) is 4.28. The van der Waals surface area contributed by atoms with Crippen LogP contribution in [0.3, 0.4) is 0 Å². The molecule has 2 aromatic carbocycles. The van der Waals surface area contributed by atoms with Crippen LogP contribution in [-0.2, 0) is 4.79 Å². The van der Waals surface area contributed by atoms with Crippen LogP contribution in [0, 0.1) is 0 Å². The molecule has 0 aliphatic heterocycles. The van der Waals surface area contributed by atoms with E-state index in [4.69, 9.17) is 11.6 Å². The Balaban J connectivity index is 1.66. The number of nitrogens with one attached hydrogen (secondary N) is 3. The third kappa shape index (κ3) is 3.45. The van der Waals surface area contributed by atoms with Gasteiger partial charge in [0, 0.05) is 40.9 Å². The molecule has 4 aromatic rings. The minimum absolute atomic E-state index is 0.506. The van der Waals surface area contributed by atoms with Crippen LogP contribution in [-0.4, -0.2) is 39.1 Å². The summed E-state index contributed by atoms with van der Waals surface area (Å²) in [6.45, 7) is 0. The third-order valence-electron chi connectivity index (χ3n) is 4.46. The first-order chi connectivity index (χ1) is 13.5. The number of anilines is 1. The Morgan fingerprint density at radius 1 is 1.25 bits per heavy atom. The van der Waals surface area contributed by atoms with E-state index in [0.29, 0.717) is 10.7 Å². The number of aliphatic hydroxyl groups is 1. The van der Waals surface area contributed by atoms with Gasteiger partial charge in [0.1, 0.15) is 0 Å². The molecule has 1 unspecified atom stereocenters. The zero-order chi connectivity index (χ0) is 19.7. The van der Waals surface area contributed by atoms with Gasteiger partial charge in [-0.25, -0.2) is 4.68 Å². The molecule has 8 heteroatoms. The van der Waals surface area contributed by atoms with E-state index in [9.17, 15) is 9.90 Å². The predicted octanol–water partition coefficient (Wildman–Crippen LogP) is 3.15. The number of likely N-dealkylation sites (N-methyl/N-ethyl adjacent to an activating group) is 1. The molecule has 7 nitrogen and oxygen atoms in total. The number of hydrogen-bond acceptors (Lipinski definition) is 4. The zero-order valence-electron chi connectivity index (χ0n) is 15.0. The number of benzene rings is 2. The molecule has 0 fully saturated rings. The standard InChI is InChI=1S/C20H18ClN5O2/c1-22-19(27)20(28)25-18-10-23-17-6-5-12(7-16(17)18)13-9-24-26(11-13)15-4-2-3-14(21)8-15/h2-11,20,23,25,28H,1H3,(H,22,27). The Hall–Kier alpha value is -3.29.